The Labute approximate surface area is 171 Å². The van der Waals surface area contributed by atoms with Crippen LogP contribution in [-0.2, 0) is 0 Å². The molecule has 3 aromatic rings. The van der Waals surface area contributed by atoms with Gasteiger partial charge < -0.3 is 9.47 Å². The van der Waals surface area contributed by atoms with E-state index in [-0.39, 0.29) is 17.4 Å². The van der Waals surface area contributed by atoms with Crippen molar-refractivity contribution in [3.8, 4) is 11.5 Å². The Balaban J connectivity index is 1.60. The first kappa shape index (κ1) is 18.9. The normalized spacial score (nSPS) is 13.9. The van der Waals surface area contributed by atoms with Crippen LogP contribution in [0.25, 0.3) is 6.08 Å². The molecule has 0 aromatic heterocycles. The summed E-state index contributed by atoms with van der Waals surface area (Å²) in [6, 6.07) is 15.2. The average Bonchev–Trinajstić information content (AvgIpc) is 3.03. The lowest BCUT2D eigenvalue weighted by molar-refractivity contribution is 0.0733. The number of benzene rings is 3. The molecule has 4 nitrogen and oxygen atoms in total. The molecule has 0 bridgehead atoms. The molecule has 29 heavy (non-hydrogen) atoms. The molecule has 0 fully saturated rings. The summed E-state index contributed by atoms with van der Waals surface area (Å²) < 4.78 is 24.3. The summed E-state index contributed by atoms with van der Waals surface area (Å²) in [4.78, 5) is 25.0. The summed E-state index contributed by atoms with van der Waals surface area (Å²) >= 11 is 5.83. The van der Waals surface area contributed by atoms with Gasteiger partial charge in [-0.1, -0.05) is 23.7 Å². The molecule has 0 unspecified atom stereocenters. The first-order valence-corrected chi connectivity index (χ1v) is 9.11. The maximum absolute atomic E-state index is 13.1. The molecule has 0 radical (unpaired) electrons. The summed E-state index contributed by atoms with van der Waals surface area (Å²) in [6.07, 6.45) is 1.54. The van der Waals surface area contributed by atoms with Crippen molar-refractivity contribution in [2.75, 3.05) is 0 Å². The van der Waals surface area contributed by atoms with Crippen molar-refractivity contribution in [2.45, 2.75) is 6.92 Å². The molecule has 1 aliphatic rings. The first-order chi connectivity index (χ1) is 13.9. The highest BCUT2D eigenvalue weighted by Gasteiger charge is 2.30. The van der Waals surface area contributed by atoms with E-state index in [9.17, 15) is 14.0 Å². The van der Waals surface area contributed by atoms with E-state index in [1.54, 1.807) is 61.5 Å². The molecule has 0 amide bonds. The Kier molecular flexibility index (Phi) is 4.91. The lowest BCUT2D eigenvalue weighted by Gasteiger charge is -2.10. The number of ketones is 1. The fraction of sp³-hybridized carbons (Fsp3) is 0.0435. The van der Waals surface area contributed by atoms with E-state index in [4.69, 9.17) is 21.1 Å². The smallest absolute Gasteiger partial charge is 0.343 e. The molecular formula is C23H14ClFO4. The fourth-order valence-corrected chi connectivity index (χ4v) is 3.06. The minimum Gasteiger partial charge on any atom is -0.452 e. The van der Waals surface area contributed by atoms with Crippen LogP contribution in [0.1, 0.15) is 31.8 Å². The number of allylic oxidation sites excluding steroid dienone is 1. The lowest BCUT2D eigenvalue weighted by atomic mass is 10.1. The van der Waals surface area contributed by atoms with Gasteiger partial charge in [0.05, 0.1) is 11.1 Å². The SMILES string of the molecule is Cc1c(OC(=O)c2ccc(Cl)cc2)ccc2c1O/C(=C\c1ccc(F)cc1)C2=O. The van der Waals surface area contributed by atoms with Crippen LogP contribution in [0.15, 0.2) is 66.4 Å². The van der Waals surface area contributed by atoms with E-state index >= 15 is 0 Å². The third kappa shape index (κ3) is 3.77. The van der Waals surface area contributed by atoms with E-state index in [2.05, 4.69) is 0 Å². The molecule has 3 aromatic carbocycles. The van der Waals surface area contributed by atoms with Crippen molar-refractivity contribution in [1.29, 1.82) is 0 Å². The van der Waals surface area contributed by atoms with E-state index in [1.165, 1.54) is 12.1 Å². The molecule has 0 saturated carbocycles. The zero-order valence-corrected chi connectivity index (χ0v) is 16.0. The van der Waals surface area contributed by atoms with Crippen molar-refractivity contribution in [3.63, 3.8) is 0 Å². The Hall–Kier alpha value is -3.44. The van der Waals surface area contributed by atoms with Crippen LogP contribution < -0.4 is 9.47 Å². The van der Waals surface area contributed by atoms with Crippen LogP contribution in [0, 0.1) is 12.7 Å². The van der Waals surface area contributed by atoms with Gasteiger partial charge in [0.2, 0.25) is 5.78 Å². The number of hydrogen-bond donors (Lipinski definition) is 0. The highest BCUT2D eigenvalue weighted by atomic mass is 35.5. The number of fused-ring (bicyclic) bond motifs is 1. The second-order valence-electron chi connectivity index (χ2n) is 6.45. The minimum atomic E-state index is -0.545. The van der Waals surface area contributed by atoms with Gasteiger partial charge in [-0.15, -0.1) is 0 Å². The van der Waals surface area contributed by atoms with Crippen molar-refractivity contribution in [2.24, 2.45) is 0 Å². The molecule has 0 N–H and O–H groups in total. The molecular weight excluding hydrogens is 395 g/mol. The van der Waals surface area contributed by atoms with Gasteiger partial charge in [-0.05, 0) is 67.1 Å². The van der Waals surface area contributed by atoms with Crippen LogP contribution in [0.4, 0.5) is 4.39 Å². The van der Waals surface area contributed by atoms with Gasteiger partial charge in [0.15, 0.2) is 5.76 Å². The number of ether oxygens (including phenoxy) is 2. The van der Waals surface area contributed by atoms with E-state index in [0.29, 0.717) is 38.8 Å². The summed E-state index contributed by atoms with van der Waals surface area (Å²) in [5.41, 5.74) is 1.89. The van der Waals surface area contributed by atoms with Crippen LogP contribution >= 0.6 is 11.6 Å². The van der Waals surface area contributed by atoms with Gasteiger partial charge in [0.25, 0.3) is 0 Å². The number of Topliss-reactive ketones (excluding diaryl/α,β-unsaturated/α-hetero) is 1. The monoisotopic (exact) mass is 408 g/mol. The number of hydrogen-bond acceptors (Lipinski definition) is 4. The maximum atomic E-state index is 13.1. The minimum absolute atomic E-state index is 0.121. The zero-order chi connectivity index (χ0) is 20.5. The van der Waals surface area contributed by atoms with Gasteiger partial charge in [-0.2, -0.15) is 0 Å². The Morgan fingerprint density at radius 1 is 1.03 bits per heavy atom. The van der Waals surface area contributed by atoms with E-state index in [1.807, 2.05) is 0 Å². The van der Waals surface area contributed by atoms with Gasteiger partial charge in [0.1, 0.15) is 17.3 Å². The van der Waals surface area contributed by atoms with Crippen LogP contribution in [0.3, 0.4) is 0 Å². The van der Waals surface area contributed by atoms with Crippen molar-refractivity contribution >= 4 is 29.4 Å². The van der Waals surface area contributed by atoms with E-state index < -0.39 is 5.97 Å². The third-order valence-electron chi connectivity index (χ3n) is 4.49. The Bertz CT molecular complexity index is 1150. The maximum Gasteiger partial charge on any atom is 0.343 e. The molecule has 1 heterocycles. The number of esters is 1. The summed E-state index contributed by atoms with van der Waals surface area (Å²) in [5, 5.41) is 0.516. The molecule has 1 aliphatic heterocycles. The molecule has 0 saturated heterocycles. The molecule has 0 atom stereocenters. The molecule has 0 spiro atoms. The third-order valence-corrected chi connectivity index (χ3v) is 4.74. The van der Waals surface area contributed by atoms with Crippen molar-refractivity contribution in [1.82, 2.24) is 0 Å². The summed E-state index contributed by atoms with van der Waals surface area (Å²) in [7, 11) is 0. The van der Waals surface area contributed by atoms with Crippen molar-refractivity contribution in [3.05, 3.63) is 99.5 Å². The predicted molar refractivity (Wildman–Crippen MR) is 107 cm³/mol. The number of rotatable bonds is 3. The van der Waals surface area contributed by atoms with Gasteiger partial charge in [0, 0.05) is 10.6 Å². The van der Waals surface area contributed by atoms with Gasteiger partial charge in [-0.3, -0.25) is 4.79 Å². The summed E-state index contributed by atoms with van der Waals surface area (Å²) in [5.74, 6) is -0.448. The zero-order valence-electron chi connectivity index (χ0n) is 15.2. The number of halogens is 2. The van der Waals surface area contributed by atoms with Crippen LogP contribution in [0.2, 0.25) is 5.02 Å². The molecule has 0 aliphatic carbocycles. The van der Waals surface area contributed by atoms with Gasteiger partial charge >= 0.3 is 5.97 Å². The van der Waals surface area contributed by atoms with Crippen LogP contribution in [-0.4, -0.2) is 11.8 Å². The summed E-state index contributed by atoms with van der Waals surface area (Å²) in [6.45, 7) is 1.71. The Morgan fingerprint density at radius 2 is 1.72 bits per heavy atom. The van der Waals surface area contributed by atoms with Crippen LogP contribution in [0.5, 0.6) is 11.5 Å². The van der Waals surface area contributed by atoms with Gasteiger partial charge in [-0.25, -0.2) is 9.18 Å². The highest BCUT2D eigenvalue weighted by molar-refractivity contribution is 6.30. The lowest BCUT2D eigenvalue weighted by Crippen LogP contribution is -2.09. The molecule has 4 rings (SSSR count). The number of carbonyl (C=O) groups excluding carboxylic acids is 2. The molecule has 144 valence electrons. The fourth-order valence-electron chi connectivity index (χ4n) is 2.93. The highest BCUT2D eigenvalue weighted by Crippen LogP contribution is 2.39. The largest absolute Gasteiger partial charge is 0.452 e. The first-order valence-electron chi connectivity index (χ1n) is 8.73. The quantitative estimate of drug-likeness (QED) is 0.320. The Morgan fingerprint density at radius 3 is 2.41 bits per heavy atom. The average molecular weight is 409 g/mol. The van der Waals surface area contributed by atoms with Crippen molar-refractivity contribution < 1.29 is 23.5 Å². The standard InChI is InChI=1S/C23H14ClFO4/c1-13-19(29-23(27)15-4-6-16(24)7-5-15)11-10-18-21(26)20(28-22(13)18)12-14-2-8-17(25)9-3-14/h2-12H,1H3/b20-12-. The molecule has 6 heteroatoms. The van der Waals surface area contributed by atoms with E-state index in [0.717, 1.165) is 0 Å². The predicted octanol–water partition coefficient (Wildman–Crippen LogP) is 5.62. The topological polar surface area (TPSA) is 52.6 Å². The second-order valence-corrected chi connectivity index (χ2v) is 6.89. The second kappa shape index (κ2) is 7.53. The number of carbonyl (C=O) groups is 2.